The van der Waals surface area contributed by atoms with Gasteiger partial charge in [0.25, 0.3) is 5.91 Å². The first-order valence-electron chi connectivity index (χ1n) is 5.89. The van der Waals surface area contributed by atoms with Gasteiger partial charge in [0.05, 0.1) is 5.56 Å². The Morgan fingerprint density at radius 2 is 2.16 bits per heavy atom. The van der Waals surface area contributed by atoms with Gasteiger partial charge in [-0.15, -0.1) is 0 Å². The van der Waals surface area contributed by atoms with E-state index in [0.717, 1.165) is 11.8 Å². The molecule has 1 aromatic carbocycles. The maximum absolute atomic E-state index is 13.5. The SMILES string of the molecule is CC(C)c1cc(NC(=O)c2cc(N)ccc2F)n[nH]1. The predicted molar refractivity (Wildman–Crippen MR) is 71.4 cm³/mol. The van der Waals surface area contributed by atoms with Gasteiger partial charge in [0.2, 0.25) is 0 Å². The lowest BCUT2D eigenvalue weighted by atomic mass is 10.1. The normalized spacial score (nSPS) is 10.7. The third kappa shape index (κ3) is 2.90. The summed E-state index contributed by atoms with van der Waals surface area (Å²) in [4.78, 5) is 11.9. The summed E-state index contributed by atoms with van der Waals surface area (Å²) in [6.07, 6.45) is 0. The van der Waals surface area contributed by atoms with E-state index in [9.17, 15) is 9.18 Å². The summed E-state index contributed by atoms with van der Waals surface area (Å²) in [5.74, 6) is -0.573. The van der Waals surface area contributed by atoms with Gasteiger partial charge in [-0.2, -0.15) is 5.10 Å². The van der Waals surface area contributed by atoms with Crippen molar-refractivity contribution in [2.45, 2.75) is 19.8 Å². The van der Waals surface area contributed by atoms with Crippen LogP contribution in [0.25, 0.3) is 0 Å². The number of nitrogens with one attached hydrogen (secondary N) is 2. The Morgan fingerprint density at radius 1 is 1.42 bits per heavy atom. The van der Waals surface area contributed by atoms with Crippen LogP contribution in [0.15, 0.2) is 24.3 Å². The van der Waals surface area contributed by atoms with Crippen LogP contribution in [0.4, 0.5) is 15.9 Å². The molecule has 0 atom stereocenters. The molecular formula is C13H15FN4O. The van der Waals surface area contributed by atoms with Gasteiger partial charge >= 0.3 is 0 Å². The molecule has 6 heteroatoms. The zero-order valence-corrected chi connectivity index (χ0v) is 10.7. The van der Waals surface area contributed by atoms with Crippen LogP contribution in [0, 0.1) is 5.82 Å². The van der Waals surface area contributed by atoms with Crippen LogP contribution in [0.2, 0.25) is 0 Å². The molecule has 0 aliphatic rings. The van der Waals surface area contributed by atoms with Crippen LogP contribution in [0.1, 0.15) is 35.8 Å². The highest BCUT2D eigenvalue weighted by atomic mass is 19.1. The number of amides is 1. The number of nitrogen functional groups attached to an aromatic ring is 1. The standard InChI is InChI=1S/C13H15FN4O/c1-7(2)11-6-12(18-17-11)16-13(19)9-5-8(15)3-4-10(9)14/h3-7H,15H2,1-2H3,(H2,16,17,18,19). The number of halogens is 1. The molecule has 0 saturated heterocycles. The number of rotatable bonds is 3. The van der Waals surface area contributed by atoms with E-state index in [1.807, 2.05) is 13.8 Å². The number of aromatic amines is 1. The third-order valence-electron chi connectivity index (χ3n) is 2.70. The Labute approximate surface area is 110 Å². The average Bonchev–Trinajstić information content (AvgIpc) is 2.80. The number of hydrogen-bond acceptors (Lipinski definition) is 3. The number of aromatic nitrogens is 2. The molecule has 19 heavy (non-hydrogen) atoms. The second-order valence-electron chi connectivity index (χ2n) is 4.56. The van der Waals surface area contributed by atoms with Crippen molar-refractivity contribution >= 4 is 17.4 Å². The molecule has 100 valence electrons. The molecule has 4 N–H and O–H groups in total. The molecule has 2 rings (SSSR count). The number of carbonyl (C=O) groups excluding carboxylic acids is 1. The molecule has 0 unspecified atom stereocenters. The topological polar surface area (TPSA) is 83.8 Å². The number of H-pyrrole nitrogens is 1. The summed E-state index contributed by atoms with van der Waals surface area (Å²) < 4.78 is 13.5. The van der Waals surface area contributed by atoms with Crippen LogP contribution in [0.5, 0.6) is 0 Å². The molecule has 1 amide bonds. The molecule has 0 bridgehead atoms. The quantitative estimate of drug-likeness (QED) is 0.743. The number of nitrogens with two attached hydrogens (primary N) is 1. The van der Waals surface area contributed by atoms with Crippen LogP contribution < -0.4 is 11.1 Å². The highest BCUT2D eigenvalue weighted by Crippen LogP contribution is 2.17. The van der Waals surface area contributed by atoms with E-state index in [0.29, 0.717) is 11.5 Å². The van der Waals surface area contributed by atoms with Gasteiger partial charge in [0.1, 0.15) is 5.82 Å². The Kier molecular flexibility index (Phi) is 3.50. The first kappa shape index (κ1) is 13.1. The molecule has 1 aromatic heterocycles. The van der Waals surface area contributed by atoms with E-state index in [2.05, 4.69) is 15.5 Å². The largest absolute Gasteiger partial charge is 0.399 e. The fraction of sp³-hybridized carbons (Fsp3) is 0.231. The smallest absolute Gasteiger partial charge is 0.259 e. The number of hydrogen-bond donors (Lipinski definition) is 3. The number of benzene rings is 1. The highest BCUT2D eigenvalue weighted by Gasteiger charge is 2.14. The fourth-order valence-corrected chi connectivity index (χ4v) is 1.60. The highest BCUT2D eigenvalue weighted by molar-refractivity contribution is 6.04. The summed E-state index contributed by atoms with van der Waals surface area (Å²) in [7, 11) is 0. The Bertz CT molecular complexity index is 606. The van der Waals surface area contributed by atoms with E-state index in [-0.39, 0.29) is 11.5 Å². The maximum Gasteiger partial charge on any atom is 0.259 e. The first-order chi connectivity index (χ1) is 8.97. The molecule has 0 aliphatic carbocycles. The van der Waals surface area contributed by atoms with Crippen molar-refractivity contribution in [3.05, 3.63) is 41.3 Å². The van der Waals surface area contributed by atoms with Gasteiger partial charge in [0.15, 0.2) is 5.82 Å². The minimum atomic E-state index is -0.619. The van der Waals surface area contributed by atoms with Crippen molar-refractivity contribution in [3.8, 4) is 0 Å². The summed E-state index contributed by atoms with van der Waals surface area (Å²) in [5.41, 5.74) is 6.65. The van der Waals surface area contributed by atoms with Crippen molar-refractivity contribution in [1.82, 2.24) is 10.2 Å². The molecule has 0 spiro atoms. The van der Waals surface area contributed by atoms with E-state index in [4.69, 9.17) is 5.73 Å². The van der Waals surface area contributed by atoms with Crippen LogP contribution in [-0.4, -0.2) is 16.1 Å². The monoisotopic (exact) mass is 262 g/mol. The Morgan fingerprint density at radius 3 is 2.79 bits per heavy atom. The van der Waals surface area contributed by atoms with Gasteiger partial charge in [-0.1, -0.05) is 13.8 Å². The van der Waals surface area contributed by atoms with Crippen LogP contribution in [0.3, 0.4) is 0 Å². The zero-order valence-electron chi connectivity index (χ0n) is 10.7. The average molecular weight is 262 g/mol. The number of carbonyl (C=O) groups is 1. The van der Waals surface area contributed by atoms with Crippen molar-refractivity contribution in [2.24, 2.45) is 0 Å². The van der Waals surface area contributed by atoms with Crippen molar-refractivity contribution in [2.75, 3.05) is 11.1 Å². The molecule has 0 saturated carbocycles. The van der Waals surface area contributed by atoms with Crippen LogP contribution in [-0.2, 0) is 0 Å². The van der Waals surface area contributed by atoms with Crippen molar-refractivity contribution < 1.29 is 9.18 Å². The summed E-state index contributed by atoms with van der Waals surface area (Å²) in [5, 5.41) is 9.27. The van der Waals surface area contributed by atoms with Gasteiger partial charge in [0, 0.05) is 17.4 Å². The van der Waals surface area contributed by atoms with Gasteiger partial charge in [-0.05, 0) is 24.1 Å². The lowest BCUT2D eigenvalue weighted by Gasteiger charge is -2.04. The van der Waals surface area contributed by atoms with E-state index in [1.54, 1.807) is 6.07 Å². The third-order valence-corrected chi connectivity index (χ3v) is 2.70. The second kappa shape index (κ2) is 5.09. The summed E-state index contributed by atoms with van der Waals surface area (Å²) in [6, 6.07) is 5.57. The Hall–Kier alpha value is -2.37. The lowest BCUT2D eigenvalue weighted by Crippen LogP contribution is -2.14. The number of nitrogens with zero attached hydrogens (tertiary/aromatic N) is 1. The van der Waals surface area contributed by atoms with Crippen LogP contribution >= 0.6 is 0 Å². The zero-order chi connectivity index (χ0) is 14.0. The summed E-state index contributed by atoms with van der Waals surface area (Å²) >= 11 is 0. The Balaban J connectivity index is 2.18. The maximum atomic E-state index is 13.5. The molecule has 2 aromatic rings. The van der Waals surface area contributed by atoms with Crippen molar-refractivity contribution in [3.63, 3.8) is 0 Å². The second-order valence-corrected chi connectivity index (χ2v) is 4.56. The van der Waals surface area contributed by atoms with Crippen molar-refractivity contribution in [1.29, 1.82) is 0 Å². The predicted octanol–water partition coefficient (Wildman–Crippen LogP) is 2.51. The lowest BCUT2D eigenvalue weighted by molar-refractivity contribution is 0.102. The van der Waals surface area contributed by atoms with Gasteiger partial charge < -0.3 is 11.1 Å². The number of anilines is 2. The van der Waals surface area contributed by atoms with E-state index in [1.165, 1.54) is 12.1 Å². The van der Waals surface area contributed by atoms with Gasteiger partial charge in [-0.3, -0.25) is 9.89 Å². The van der Waals surface area contributed by atoms with E-state index < -0.39 is 11.7 Å². The molecule has 1 heterocycles. The van der Waals surface area contributed by atoms with Gasteiger partial charge in [-0.25, -0.2) is 4.39 Å². The minimum Gasteiger partial charge on any atom is -0.399 e. The molecule has 0 radical (unpaired) electrons. The molecule has 5 nitrogen and oxygen atoms in total. The minimum absolute atomic E-state index is 0.103. The molecular weight excluding hydrogens is 247 g/mol. The first-order valence-corrected chi connectivity index (χ1v) is 5.89. The molecule has 0 fully saturated rings. The summed E-state index contributed by atoms with van der Waals surface area (Å²) in [6.45, 7) is 3.99. The van der Waals surface area contributed by atoms with E-state index >= 15 is 0 Å². The fourth-order valence-electron chi connectivity index (χ4n) is 1.60. The molecule has 0 aliphatic heterocycles.